The molecular weight excluding hydrogens is 256 g/mol. The van der Waals surface area contributed by atoms with Crippen LogP contribution in [0.25, 0.3) is 0 Å². The van der Waals surface area contributed by atoms with Crippen molar-refractivity contribution in [3.8, 4) is 0 Å². The minimum atomic E-state index is 0.0164. The van der Waals surface area contributed by atoms with Gasteiger partial charge in [0.25, 0.3) is 0 Å². The van der Waals surface area contributed by atoms with Crippen LogP contribution in [0.2, 0.25) is 0 Å². The second-order valence-corrected chi connectivity index (χ2v) is 5.83. The summed E-state index contributed by atoms with van der Waals surface area (Å²) < 4.78 is 0. The van der Waals surface area contributed by atoms with Crippen molar-refractivity contribution < 1.29 is 4.79 Å². The van der Waals surface area contributed by atoms with Gasteiger partial charge in [-0.25, -0.2) is 5.43 Å². The van der Waals surface area contributed by atoms with Gasteiger partial charge >= 0.3 is 0 Å². The number of unbranched alkanes of at least 4 members (excludes halogenated alkanes) is 3. The largest absolute Gasteiger partial charge is 0.273 e. The van der Waals surface area contributed by atoms with Crippen molar-refractivity contribution in [3.05, 3.63) is 21.9 Å². The van der Waals surface area contributed by atoms with Crippen LogP contribution in [0.4, 0.5) is 0 Å². The summed E-state index contributed by atoms with van der Waals surface area (Å²) >= 11 is 1.74. The van der Waals surface area contributed by atoms with Crippen LogP contribution in [0.1, 0.15) is 62.6 Å². The Hall–Kier alpha value is -1.16. The lowest BCUT2D eigenvalue weighted by Gasteiger charge is -2.01. The number of amides is 1. The average Bonchev–Trinajstić information content (AvgIpc) is 2.90. The standard InChI is InChI=1S/C15H24N2OS/c1-4-6-7-8-9-15(18)17-16-12(3)14-11-10-13(5-2)19-14/h10-11H,4-9H2,1-3H3,(H,17,18). The number of thiophene rings is 1. The number of nitrogens with one attached hydrogen (secondary N) is 1. The summed E-state index contributed by atoms with van der Waals surface area (Å²) in [6, 6.07) is 4.18. The van der Waals surface area contributed by atoms with Crippen molar-refractivity contribution in [1.29, 1.82) is 0 Å². The molecule has 0 saturated heterocycles. The molecule has 1 aromatic rings. The molecule has 106 valence electrons. The van der Waals surface area contributed by atoms with Crippen LogP contribution < -0.4 is 5.43 Å². The van der Waals surface area contributed by atoms with Crippen molar-refractivity contribution in [1.82, 2.24) is 5.43 Å². The predicted octanol–water partition coefficient (Wildman–Crippen LogP) is 4.12. The molecule has 1 heterocycles. The molecule has 1 amide bonds. The van der Waals surface area contributed by atoms with E-state index in [2.05, 4.69) is 36.5 Å². The predicted molar refractivity (Wildman–Crippen MR) is 82.8 cm³/mol. The Balaban J connectivity index is 2.36. The van der Waals surface area contributed by atoms with Gasteiger partial charge in [0.15, 0.2) is 0 Å². The number of hydrogen-bond acceptors (Lipinski definition) is 3. The maximum atomic E-state index is 11.6. The summed E-state index contributed by atoms with van der Waals surface area (Å²) in [5.41, 5.74) is 3.52. The summed E-state index contributed by atoms with van der Waals surface area (Å²) in [7, 11) is 0. The van der Waals surface area contributed by atoms with E-state index in [1.54, 1.807) is 11.3 Å². The highest BCUT2D eigenvalue weighted by Gasteiger charge is 2.03. The van der Waals surface area contributed by atoms with Crippen LogP contribution in [0.5, 0.6) is 0 Å². The molecule has 0 saturated carbocycles. The summed E-state index contributed by atoms with van der Waals surface area (Å²) in [6.07, 6.45) is 6.08. The zero-order chi connectivity index (χ0) is 14.1. The van der Waals surface area contributed by atoms with Crippen LogP contribution >= 0.6 is 11.3 Å². The van der Waals surface area contributed by atoms with Gasteiger partial charge in [-0.2, -0.15) is 5.10 Å². The molecule has 1 rings (SSSR count). The van der Waals surface area contributed by atoms with Crippen LogP contribution in [-0.2, 0) is 11.2 Å². The molecule has 0 unspecified atom stereocenters. The highest BCUT2D eigenvalue weighted by Crippen LogP contribution is 2.17. The fourth-order valence-electron chi connectivity index (χ4n) is 1.73. The number of hydrogen-bond donors (Lipinski definition) is 1. The average molecular weight is 280 g/mol. The van der Waals surface area contributed by atoms with Crippen molar-refractivity contribution in [2.45, 2.75) is 59.3 Å². The molecule has 0 aliphatic heterocycles. The summed E-state index contributed by atoms with van der Waals surface area (Å²) in [6.45, 7) is 6.24. The van der Waals surface area contributed by atoms with Crippen LogP contribution in [0, 0.1) is 0 Å². The summed E-state index contributed by atoms with van der Waals surface area (Å²) in [4.78, 5) is 14.1. The number of hydrazone groups is 1. The van der Waals surface area contributed by atoms with Crippen LogP contribution in [0.15, 0.2) is 17.2 Å². The first-order chi connectivity index (χ1) is 9.17. The third-order valence-electron chi connectivity index (χ3n) is 2.97. The lowest BCUT2D eigenvalue weighted by molar-refractivity contribution is -0.121. The van der Waals surface area contributed by atoms with Crippen molar-refractivity contribution >= 4 is 23.0 Å². The number of carbonyl (C=O) groups excluding carboxylic acids is 1. The third-order valence-corrected chi connectivity index (χ3v) is 4.31. The maximum absolute atomic E-state index is 11.6. The topological polar surface area (TPSA) is 41.5 Å². The van der Waals surface area contributed by atoms with Gasteiger partial charge in [-0.1, -0.05) is 33.1 Å². The van der Waals surface area contributed by atoms with Gasteiger partial charge in [0.05, 0.1) is 10.6 Å². The highest BCUT2D eigenvalue weighted by molar-refractivity contribution is 7.14. The third kappa shape index (κ3) is 6.01. The first kappa shape index (κ1) is 15.9. The van der Waals surface area contributed by atoms with Crippen molar-refractivity contribution in [2.75, 3.05) is 0 Å². The fourth-order valence-corrected chi connectivity index (χ4v) is 2.62. The van der Waals surface area contributed by atoms with E-state index in [4.69, 9.17) is 0 Å². The fraction of sp³-hybridized carbons (Fsp3) is 0.600. The van der Waals surface area contributed by atoms with E-state index in [1.165, 1.54) is 17.7 Å². The van der Waals surface area contributed by atoms with Gasteiger partial charge in [-0.05, 0) is 31.9 Å². The highest BCUT2D eigenvalue weighted by atomic mass is 32.1. The monoisotopic (exact) mass is 280 g/mol. The van der Waals surface area contributed by atoms with E-state index in [1.807, 2.05) is 6.92 Å². The van der Waals surface area contributed by atoms with Gasteiger partial charge in [0, 0.05) is 11.3 Å². The second kappa shape index (κ2) is 8.86. The van der Waals surface area contributed by atoms with E-state index in [-0.39, 0.29) is 5.91 Å². The Kier molecular flexibility index (Phi) is 7.41. The van der Waals surface area contributed by atoms with Gasteiger partial charge in [-0.3, -0.25) is 4.79 Å². The molecule has 3 nitrogen and oxygen atoms in total. The molecule has 0 fully saturated rings. The van der Waals surface area contributed by atoms with E-state index in [0.717, 1.165) is 29.9 Å². The maximum Gasteiger partial charge on any atom is 0.240 e. The SMILES string of the molecule is CCCCCCC(=O)NN=C(C)c1ccc(CC)s1. The summed E-state index contributed by atoms with van der Waals surface area (Å²) in [5, 5.41) is 4.17. The quantitative estimate of drug-likeness (QED) is 0.434. The van der Waals surface area contributed by atoms with E-state index in [9.17, 15) is 4.79 Å². The number of nitrogens with zero attached hydrogens (tertiary/aromatic N) is 1. The smallest absolute Gasteiger partial charge is 0.240 e. The van der Waals surface area contributed by atoms with E-state index >= 15 is 0 Å². The molecule has 0 atom stereocenters. The van der Waals surface area contributed by atoms with Gasteiger partial charge in [0.2, 0.25) is 5.91 Å². The zero-order valence-electron chi connectivity index (χ0n) is 12.2. The van der Waals surface area contributed by atoms with Gasteiger partial charge < -0.3 is 0 Å². The molecule has 0 aliphatic rings. The van der Waals surface area contributed by atoms with E-state index < -0.39 is 0 Å². The molecule has 0 bridgehead atoms. The van der Waals surface area contributed by atoms with Crippen molar-refractivity contribution in [2.24, 2.45) is 5.10 Å². The normalized spacial score (nSPS) is 11.6. The Morgan fingerprint density at radius 1 is 1.26 bits per heavy atom. The molecule has 0 spiro atoms. The Morgan fingerprint density at radius 2 is 2.05 bits per heavy atom. The minimum absolute atomic E-state index is 0.0164. The first-order valence-corrected chi connectivity index (χ1v) is 7.91. The lowest BCUT2D eigenvalue weighted by atomic mass is 10.1. The first-order valence-electron chi connectivity index (χ1n) is 7.09. The van der Waals surface area contributed by atoms with Crippen LogP contribution in [0.3, 0.4) is 0 Å². The Bertz CT molecular complexity index is 424. The van der Waals surface area contributed by atoms with Crippen molar-refractivity contribution in [3.63, 3.8) is 0 Å². The van der Waals surface area contributed by atoms with Gasteiger partial charge in [-0.15, -0.1) is 11.3 Å². The molecule has 1 N–H and O–H groups in total. The van der Waals surface area contributed by atoms with Gasteiger partial charge in [0.1, 0.15) is 0 Å². The molecular formula is C15H24N2OS. The lowest BCUT2D eigenvalue weighted by Crippen LogP contribution is -2.18. The molecule has 0 aromatic carbocycles. The van der Waals surface area contributed by atoms with Crippen LogP contribution in [-0.4, -0.2) is 11.6 Å². The minimum Gasteiger partial charge on any atom is -0.273 e. The second-order valence-electron chi connectivity index (χ2n) is 4.66. The molecule has 4 heteroatoms. The Labute approximate surface area is 120 Å². The molecule has 0 radical (unpaired) electrons. The number of aryl methyl sites for hydroxylation is 1. The molecule has 0 aliphatic carbocycles. The molecule has 19 heavy (non-hydrogen) atoms. The Morgan fingerprint density at radius 3 is 2.68 bits per heavy atom. The summed E-state index contributed by atoms with van der Waals surface area (Å²) in [5.74, 6) is 0.0164. The van der Waals surface area contributed by atoms with E-state index in [0.29, 0.717) is 6.42 Å². The molecule has 1 aromatic heterocycles. The number of rotatable bonds is 8. The zero-order valence-corrected chi connectivity index (χ0v) is 13.0. The number of carbonyl (C=O) groups is 1.